The Bertz CT molecular complexity index is 570. The van der Waals surface area contributed by atoms with E-state index >= 15 is 0 Å². The minimum atomic E-state index is 0.0650. The van der Waals surface area contributed by atoms with Crippen LogP contribution in [0.5, 0.6) is 11.5 Å². The number of carbonyl (C=O) groups excluding carboxylic acids is 1. The van der Waals surface area contributed by atoms with Crippen LogP contribution in [0.15, 0.2) is 18.2 Å². The number of amides is 1. The smallest absolute Gasteiger partial charge is 0.231 e. The van der Waals surface area contributed by atoms with Gasteiger partial charge in [0.05, 0.1) is 12.0 Å². The van der Waals surface area contributed by atoms with Gasteiger partial charge in [-0.3, -0.25) is 4.79 Å². The van der Waals surface area contributed by atoms with Crippen molar-refractivity contribution in [2.45, 2.75) is 37.7 Å². The Balaban J connectivity index is 1.36. The van der Waals surface area contributed by atoms with E-state index in [0.29, 0.717) is 6.42 Å². The van der Waals surface area contributed by atoms with Crippen molar-refractivity contribution in [2.24, 2.45) is 0 Å². The Kier molecular flexibility index (Phi) is 3.45. The monoisotopic (exact) mass is 303 g/mol. The SMILES string of the molecule is O=C(Cc1ccc2c(c1)OCO2)N1CCC2(CCCO2)CC1. The number of likely N-dealkylation sites (tertiary alicyclic amines) is 1. The Morgan fingerprint density at radius 3 is 2.73 bits per heavy atom. The maximum atomic E-state index is 12.5. The van der Waals surface area contributed by atoms with Crippen LogP contribution in [-0.2, 0) is 16.0 Å². The minimum absolute atomic E-state index is 0.0650. The van der Waals surface area contributed by atoms with Crippen LogP contribution in [0.3, 0.4) is 0 Å². The van der Waals surface area contributed by atoms with E-state index in [1.54, 1.807) is 0 Å². The predicted molar refractivity (Wildman–Crippen MR) is 80.0 cm³/mol. The molecule has 5 nitrogen and oxygen atoms in total. The van der Waals surface area contributed by atoms with Crippen molar-refractivity contribution in [1.29, 1.82) is 0 Å². The summed E-state index contributed by atoms with van der Waals surface area (Å²) in [4.78, 5) is 14.5. The highest BCUT2D eigenvalue weighted by molar-refractivity contribution is 5.79. The standard InChI is InChI=1S/C17H21NO4/c19-16(11-13-2-3-14-15(10-13)21-12-20-14)18-7-5-17(6-8-18)4-1-9-22-17/h2-3,10H,1,4-9,11-12H2. The van der Waals surface area contributed by atoms with Gasteiger partial charge in [0.25, 0.3) is 0 Å². The molecule has 1 aromatic rings. The van der Waals surface area contributed by atoms with E-state index in [-0.39, 0.29) is 18.3 Å². The maximum Gasteiger partial charge on any atom is 0.231 e. The number of ether oxygens (including phenoxy) is 3. The van der Waals surface area contributed by atoms with Gasteiger partial charge in [0.15, 0.2) is 11.5 Å². The van der Waals surface area contributed by atoms with E-state index in [1.807, 2.05) is 23.1 Å². The molecule has 0 atom stereocenters. The van der Waals surface area contributed by atoms with Crippen molar-refractivity contribution in [2.75, 3.05) is 26.5 Å². The van der Waals surface area contributed by atoms with Gasteiger partial charge in [-0.25, -0.2) is 0 Å². The summed E-state index contributed by atoms with van der Waals surface area (Å²) in [6.07, 6.45) is 4.67. The first kappa shape index (κ1) is 13.9. The van der Waals surface area contributed by atoms with Crippen molar-refractivity contribution in [3.8, 4) is 11.5 Å². The maximum absolute atomic E-state index is 12.5. The Morgan fingerprint density at radius 1 is 1.14 bits per heavy atom. The highest BCUT2D eigenvalue weighted by Gasteiger charge is 2.39. The molecule has 0 aromatic heterocycles. The molecule has 3 heterocycles. The van der Waals surface area contributed by atoms with E-state index in [0.717, 1.165) is 62.4 Å². The lowest BCUT2D eigenvalue weighted by atomic mass is 9.88. The molecule has 3 aliphatic heterocycles. The third-order valence-electron chi connectivity index (χ3n) is 5.00. The highest BCUT2D eigenvalue weighted by atomic mass is 16.7. The fourth-order valence-corrected chi connectivity index (χ4v) is 3.65. The van der Waals surface area contributed by atoms with Crippen LogP contribution in [-0.4, -0.2) is 42.9 Å². The number of benzene rings is 1. The molecule has 1 amide bonds. The zero-order valence-corrected chi connectivity index (χ0v) is 12.7. The van der Waals surface area contributed by atoms with Gasteiger partial charge in [-0.1, -0.05) is 6.07 Å². The predicted octanol–water partition coefficient (Wildman–Crippen LogP) is 2.13. The molecule has 2 saturated heterocycles. The van der Waals surface area contributed by atoms with Gasteiger partial charge >= 0.3 is 0 Å². The topological polar surface area (TPSA) is 48.0 Å². The lowest BCUT2D eigenvalue weighted by Gasteiger charge is -2.38. The van der Waals surface area contributed by atoms with Crippen LogP contribution >= 0.6 is 0 Å². The average Bonchev–Trinajstić information content (AvgIpc) is 3.17. The molecule has 2 fully saturated rings. The summed E-state index contributed by atoms with van der Waals surface area (Å²) >= 11 is 0. The van der Waals surface area contributed by atoms with Crippen molar-refractivity contribution >= 4 is 5.91 Å². The van der Waals surface area contributed by atoms with E-state index in [4.69, 9.17) is 14.2 Å². The van der Waals surface area contributed by atoms with Crippen LogP contribution in [0.1, 0.15) is 31.2 Å². The van der Waals surface area contributed by atoms with Gasteiger partial charge in [-0.05, 0) is 43.4 Å². The van der Waals surface area contributed by atoms with Gasteiger partial charge < -0.3 is 19.1 Å². The molecule has 0 aliphatic carbocycles. The van der Waals surface area contributed by atoms with Crippen molar-refractivity contribution < 1.29 is 19.0 Å². The van der Waals surface area contributed by atoms with Crippen LogP contribution in [0, 0.1) is 0 Å². The molecule has 4 rings (SSSR count). The second-order valence-electron chi connectivity index (χ2n) is 6.38. The van der Waals surface area contributed by atoms with Crippen LogP contribution in [0.4, 0.5) is 0 Å². The molecule has 1 spiro atoms. The van der Waals surface area contributed by atoms with Gasteiger partial charge in [0.1, 0.15) is 0 Å². The lowest BCUT2D eigenvalue weighted by Crippen LogP contribution is -2.46. The molecule has 1 aromatic carbocycles. The van der Waals surface area contributed by atoms with Gasteiger partial charge in [0.2, 0.25) is 12.7 Å². The largest absolute Gasteiger partial charge is 0.454 e. The molecule has 0 unspecified atom stereocenters. The molecule has 5 heteroatoms. The Morgan fingerprint density at radius 2 is 1.95 bits per heavy atom. The second-order valence-corrected chi connectivity index (χ2v) is 6.38. The van der Waals surface area contributed by atoms with E-state index in [9.17, 15) is 4.79 Å². The summed E-state index contributed by atoms with van der Waals surface area (Å²) in [5.41, 5.74) is 1.04. The number of fused-ring (bicyclic) bond motifs is 1. The third-order valence-corrected chi connectivity index (χ3v) is 5.00. The number of nitrogens with zero attached hydrogens (tertiary/aromatic N) is 1. The summed E-state index contributed by atoms with van der Waals surface area (Å²) in [5, 5.41) is 0. The van der Waals surface area contributed by atoms with Crippen molar-refractivity contribution in [3.63, 3.8) is 0 Å². The fraction of sp³-hybridized carbons (Fsp3) is 0.588. The van der Waals surface area contributed by atoms with Crippen LogP contribution < -0.4 is 9.47 Å². The summed E-state index contributed by atoms with van der Waals surface area (Å²) in [7, 11) is 0. The molecule has 22 heavy (non-hydrogen) atoms. The Labute approximate surface area is 130 Å². The fourth-order valence-electron chi connectivity index (χ4n) is 3.65. The van der Waals surface area contributed by atoms with Crippen molar-refractivity contribution in [3.05, 3.63) is 23.8 Å². The number of rotatable bonds is 2. The first-order chi connectivity index (χ1) is 10.7. The minimum Gasteiger partial charge on any atom is -0.454 e. The molecule has 3 aliphatic rings. The van der Waals surface area contributed by atoms with Crippen LogP contribution in [0.2, 0.25) is 0 Å². The number of hydrogen-bond acceptors (Lipinski definition) is 4. The Hall–Kier alpha value is -1.75. The van der Waals surface area contributed by atoms with E-state index < -0.39 is 0 Å². The number of hydrogen-bond donors (Lipinski definition) is 0. The molecular formula is C17H21NO4. The summed E-state index contributed by atoms with van der Waals surface area (Å²) in [5.74, 6) is 1.68. The third kappa shape index (κ3) is 2.54. The first-order valence-electron chi connectivity index (χ1n) is 8.04. The zero-order chi connectivity index (χ0) is 15.0. The lowest BCUT2D eigenvalue weighted by molar-refractivity contribution is -0.135. The zero-order valence-electron chi connectivity index (χ0n) is 12.7. The quantitative estimate of drug-likeness (QED) is 0.840. The molecule has 0 saturated carbocycles. The normalized spacial score (nSPS) is 22.3. The molecule has 0 N–H and O–H groups in total. The summed E-state index contributed by atoms with van der Waals surface area (Å²) < 4.78 is 16.6. The van der Waals surface area contributed by atoms with Gasteiger partial charge in [0, 0.05) is 19.7 Å². The van der Waals surface area contributed by atoms with Crippen LogP contribution in [0.25, 0.3) is 0 Å². The molecule has 118 valence electrons. The molecule has 0 bridgehead atoms. The van der Waals surface area contributed by atoms with E-state index in [1.165, 1.54) is 0 Å². The first-order valence-corrected chi connectivity index (χ1v) is 8.04. The molecule has 0 radical (unpaired) electrons. The van der Waals surface area contributed by atoms with Gasteiger partial charge in [-0.15, -0.1) is 0 Å². The molecular weight excluding hydrogens is 282 g/mol. The number of carbonyl (C=O) groups is 1. The van der Waals surface area contributed by atoms with Gasteiger partial charge in [-0.2, -0.15) is 0 Å². The summed E-state index contributed by atoms with van der Waals surface area (Å²) in [6, 6.07) is 5.73. The summed E-state index contributed by atoms with van der Waals surface area (Å²) in [6.45, 7) is 2.76. The second kappa shape index (κ2) is 5.47. The number of piperidine rings is 1. The average molecular weight is 303 g/mol. The van der Waals surface area contributed by atoms with Crippen molar-refractivity contribution in [1.82, 2.24) is 4.90 Å². The van der Waals surface area contributed by atoms with E-state index in [2.05, 4.69) is 0 Å². The highest BCUT2D eigenvalue weighted by Crippen LogP contribution is 2.36.